The van der Waals surface area contributed by atoms with Crippen LogP contribution in [-0.4, -0.2) is 32.2 Å². The molecule has 0 aliphatic heterocycles. The summed E-state index contributed by atoms with van der Waals surface area (Å²) < 4.78 is 5.41. The molecule has 2 rings (SSSR count). The largest absolute Gasteiger partial charge is 0.479 e. The molecule has 1 saturated carbocycles. The maximum absolute atomic E-state index is 5.41. The zero-order valence-electron chi connectivity index (χ0n) is 12.3. The van der Waals surface area contributed by atoms with Crippen LogP contribution in [0.25, 0.3) is 0 Å². The molecule has 19 heavy (non-hydrogen) atoms. The quantitative estimate of drug-likeness (QED) is 0.846. The van der Waals surface area contributed by atoms with Gasteiger partial charge >= 0.3 is 0 Å². The molecule has 1 aromatic heterocycles. The van der Waals surface area contributed by atoms with Crippen molar-refractivity contribution in [2.45, 2.75) is 44.6 Å². The number of hydrogen-bond donors (Lipinski definition) is 1. The summed E-state index contributed by atoms with van der Waals surface area (Å²) >= 11 is 0. The Morgan fingerprint density at radius 2 is 1.89 bits per heavy atom. The molecule has 0 saturated heterocycles. The van der Waals surface area contributed by atoms with Gasteiger partial charge < -0.3 is 15.0 Å². The van der Waals surface area contributed by atoms with Crippen molar-refractivity contribution in [1.29, 1.82) is 0 Å². The Morgan fingerprint density at radius 1 is 1.21 bits per heavy atom. The molecule has 1 N–H and O–H groups in total. The first kappa shape index (κ1) is 14.0. The molecule has 4 heteroatoms. The van der Waals surface area contributed by atoms with Crippen molar-refractivity contribution in [2.24, 2.45) is 0 Å². The second-order valence-electron chi connectivity index (χ2n) is 5.44. The van der Waals surface area contributed by atoms with E-state index in [1.54, 1.807) is 13.3 Å². The van der Waals surface area contributed by atoms with E-state index in [9.17, 15) is 0 Å². The topological polar surface area (TPSA) is 37.4 Å². The standard InChI is InChI=1S/C15H25N3O/c1-18(2)13-10-11-16-15(19-3)14(13)17-12-8-6-4-5-7-9-12/h10-12,17H,4-9H2,1-3H3. The molecule has 1 heterocycles. The van der Waals surface area contributed by atoms with E-state index in [2.05, 4.69) is 15.2 Å². The van der Waals surface area contributed by atoms with Gasteiger partial charge in [-0.05, 0) is 18.9 Å². The van der Waals surface area contributed by atoms with Crippen molar-refractivity contribution >= 4 is 11.4 Å². The molecule has 0 unspecified atom stereocenters. The third-order valence-electron chi connectivity index (χ3n) is 3.77. The first-order valence-corrected chi connectivity index (χ1v) is 7.19. The summed E-state index contributed by atoms with van der Waals surface area (Å²) in [4.78, 5) is 6.42. The van der Waals surface area contributed by atoms with E-state index in [-0.39, 0.29) is 0 Å². The SMILES string of the molecule is COc1nccc(N(C)C)c1NC1CCCCCC1. The first-order chi connectivity index (χ1) is 9.22. The van der Waals surface area contributed by atoms with Crippen molar-refractivity contribution in [3.05, 3.63) is 12.3 Å². The fourth-order valence-electron chi connectivity index (χ4n) is 2.72. The van der Waals surface area contributed by atoms with Crippen LogP contribution in [0.5, 0.6) is 5.88 Å². The van der Waals surface area contributed by atoms with Crippen LogP contribution in [0.2, 0.25) is 0 Å². The smallest absolute Gasteiger partial charge is 0.239 e. The van der Waals surface area contributed by atoms with Gasteiger partial charge in [0.05, 0.1) is 12.8 Å². The minimum Gasteiger partial charge on any atom is -0.479 e. The minimum absolute atomic E-state index is 0.541. The molecule has 106 valence electrons. The fourth-order valence-corrected chi connectivity index (χ4v) is 2.72. The number of rotatable bonds is 4. The molecule has 1 fully saturated rings. The van der Waals surface area contributed by atoms with Crippen LogP contribution in [0.3, 0.4) is 0 Å². The number of methoxy groups -OCH3 is 1. The van der Waals surface area contributed by atoms with Crippen LogP contribution >= 0.6 is 0 Å². The van der Waals surface area contributed by atoms with E-state index in [0.717, 1.165) is 11.4 Å². The number of anilines is 2. The van der Waals surface area contributed by atoms with Gasteiger partial charge in [-0.1, -0.05) is 25.7 Å². The molecule has 0 bridgehead atoms. The molecule has 1 aromatic rings. The normalized spacial score (nSPS) is 16.8. The van der Waals surface area contributed by atoms with Gasteiger partial charge in [-0.25, -0.2) is 4.98 Å². The lowest BCUT2D eigenvalue weighted by Gasteiger charge is -2.24. The molecule has 4 nitrogen and oxygen atoms in total. The third kappa shape index (κ3) is 3.52. The van der Waals surface area contributed by atoms with Gasteiger partial charge in [-0.15, -0.1) is 0 Å². The number of pyridine rings is 1. The highest BCUT2D eigenvalue weighted by molar-refractivity contribution is 5.74. The van der Waals surface area contributed by atoms with Crippen LogP contribution in [0.15, 0.2) is 12.3 Å². The summed E-state index contributed by atoms with van der Waals surface area (Å²) in [5.74, 6) is 0.690. The van der Waals surface area contributed by atoms with Gasteiger partial charge in [0.1, 0.15) is 5.69 Å². The first-order valence-electron chi connectivity index (χ1n) is 7.19. The summed E-state index contributed by atoms with van der Waals surface area (Å²) in [6, 6.07) is 2.57. The average molecular weight is 263 g/mol. The fraction of sp³-hybridized carbons (Fsp3) is 0.667. The van der Waals surface area contributed by atoms with Gasteiger partial charge in [-0.2, -0.15) is 0 Å². The van der Waals surface area contributed by atoms with Crippen molar-refractivity contribution in [1.82, 2.24) is 4.98 Å². The van der Waals surface area contributed by atoms with Crippen LogP contribution in [0.1, 0.15) is 38.5 Å². The van der Waals surface area contributed by atoms with E-state index < -0.39 is 0 Å². The van der Waals surface area contributed by atoms with E-state index >= 15 is 0 Å². The Hall–Kier alpha value is -1.45. The minimum atomic E-state index is 0.541. The second-order valence-corrected chi connectivity index (χ2v) is 5.44. The van der Waals surface area contributed by atoms with E-state index in [4.69, 9.17) is 4.74 Å². The monoisotopic (exact) mass is 263 g/mol. The molecule has 0 radical (unpaired) electrons. The van der Waals surface area contributed by atoms with Gasteiger partial charge in [-0.3, -0.25) is 0 Å². The summed E-state index contributed by atoms with van der Waals surface area (Å²) in [7, 11) is 5.78. The Morgan fingerprint density at radius 3 is 2.47 bits per heavy atom. The lowest BCUT2D eigenvalue weighted by molar-refractivity contribution is 0.399. The maximum Gasteiger partial charge on any atom is 0.239 e. The lowest BCUT2D eigenvalue weighted by Crippen LogP contribution is -2.21. The average Bonchev–Trinajstić information content (AvgIpc) is 2.67. The summed E-state index contributed by atoms with van der Waals surface area (Å²) in [5, 5.41) is 3.66. The number of nitrogens with zero attached hydrogens (tertiary/aromatic N) is 2. The zero-order valence-corrected chi connectivity index (χ0v) is 12.3. The molecule has 1 aliphatic rings. The molecule has 1 aliphatic carbocycles. The Bertz CT molecular complexity index is 398. The predicted octanol–water partition coefficient (Wildman–Crippen LogP) is 3.29. The third-order valence-corrected chi connectivity index (χ3v) is 3.77. The van der Waals surface area contributed by atoms with Gasteiger partial charge in [0, 0.05) is 26.3 Å². The number of aromatic nitrogens is 1. The number of ether oxygens (including phenoxy) is 1. The predicted molar refractivity (Wildman–Crippen MR) is 80.2 cm³/mol. The van der Waals surface area contributed by atoms with E-state index in [0.29, 0.717) is 11.9 Å². The molecular formula is C15H25N3O. The highest BCUT2D eigenvalue weighted by Crippen LogP contribution is 2.34. The Kier molecular flexibility index (Phi) is 4.88. The lowest BCUT2D eigenvalue weighted by atomic mass is 10.1. The van der Waals surface area contributed by atoms with Crippen molar-refractivity contribution in [3.63, 3.8) is 0 Å². The Labute approximate surface area is 116 Å². The van der Waals surface area contributed by atoms with E-state index in [1.807, 2.05) is 20.2 Å². The van der Waals surface area contributed by atoms with Crippen LogP contribution in [-0.2, 0) is 0 Å². The second kappa shape index (κ2) is 6.64. The highest BCUT2D eigenvalue weighted by Gasteiger charge is 2.18. The van der Waals surface area contributed by atoms with Gasteiger partial charge in [0.25, 0.3) is 0 Å². The van der Waals surface area contributed by atoms with Crippen molar-refractivity contribution < 1.29 is 4.74 Å². The summed E-state index contributed by atoms with van der Waals surface area (Å²) in [6.07, 6.45) is 9.64. The summed E-state index contributed by atoms with van der Waals surface area (Å²) in [5.41, 5.74) is 2.16. The molecular weight excluding hydrogens is 238 g/mol. The highest BCUT2D eigenvalue weighted by atomic mass is 16.5. The molecule has 0 atom stereocenters. The maximum atomic E-state index is 5.41. The molecule has 0 aromatic carbocycles. The molecule has 0 spiro atoms. The molecule has 0 amide bonds. The van der Waals surface area contributed by atoms with Crippen LogP contribution in [0, 0.1) is 0 Å². The van der Waals surface area contributed by atoms with Gasteiger partial charge in [0.2, 0.25) is 5.88 Å². The van der Waals surface area contributed by atoms with Crippen molar-refractivity contribution in [2.75, 3.05) is 31.4 Å². The van der Waals surface area contributed by atoms with E-state index in [1.165, 1.54) is 38.5 Å². The summed E-state index contributed by atoms with van der Waals surface area (Å²) in [6.45, 7) is 0. The zero-order chi connectivity index (χ0) is 13.7. The van der Waals surface area contributed by atoms with Crippen LogP contribution in [0.4, 0.5) is 11.4 Å². The number of nitrogens with one attached hydrogen (secondary N) is 1. The van der Waals surface area contributed by atoms with Crippen molar-refractivity contribution in [3.8, 4) is 5.88 Å². The van der Waals surface area contributed by atoms with Crippen LogP contribution < -0.4 is 15.0 Å². The Balaban J connectivity index is 2.21. The number of hydrogen-bond acceptors (Lipinski definition) is 4. The van der Waals surface area contributed by atoms with Gasteiger partial charge in [0.15, 0.2) is 0 Å².